The van der Waals surface area contributed by atoms with Gasteiger partial charge in [0.05, 0.1) is 37.0 Å². The third-order valence-corrected chi connectivity index (χ3v) is 8.51. The predicted molar refractivity (Wildman–Crippen MR) is 181 cm³/mol. The average molecular weight is 741 g/mol. The molecule has 0 bridgehead atoms. The van der Waals surface area contributed by atoms with Gasteiger partial charge in [-0.3, -0.25) is 0 Å². The van der Waals surface area contributed by atoms with Crippen LogP contribution < -0.4 is 34.6 Å². The maximum Gasteiger partial charge on any atom is 0.264 e. The van der Waals surface area contributed by atoms with Gasteiger partial charge in [0, 0.05) is 74.1 Å². The average Bonchev–Trinajstić information content (AvgIpc) is 3.08. The van der Waals surface area contributed by atoms with Crippen molar-refractivity contribution in [3.8, 4) is 23.3 Å². The Morgan fingerprint density at radius 1 is 0.600 bits per heavy atom. The molecule has 0 saturated carbocycles. The molecule has 236 valence electrons. The monoisotopic (exact) mass is 738 g/mol. The van der Waals surface area contributed by atoms with E-state index in [1.165, 1.54) is 0 Å². The van der Waals surface area contributed by atoms with Crippen LogP contribution in [0.1, 0.15) is 11.4 Å². The first-order valence-corrected chi connectivity index (χ1v) is 16.8. The standard InChI is InChI=1S/C32H36Br2N8O3/c33-23-1-5-27(6-2-23)43-19-9-25-21-37-31(29(39-25)41-15-11-35-12-16-41)45-32-30(42-17-13-36-14-18-42)40-26(22-38-32)10-20-44-28-7-3-24(34)4-8-28/h1-8,21-22,35-36H,9-20H2. The van der Waals surface area contributed by atoms with Crippen molar-refractivity contribution in [1.82, 2.24) is 30.6 Å². The molecule has 0 spiro atoms. The molecule has 2 fully saturated rings. The molecule has 0 radical (unpaired) electrons. The largest absolute Gasteiger partial charge is 0.493 e. The summed E-state index contributed by atoms with van der Waals surface area (Å²) in [6.07, 6.45) is 4.76. The fourth-order valence-electron chi connectivity index (χ4n) is 5.06. The van der Waals surface area contributed by atoms with Gasteiger partial charge in [-0.25, -0.2) is 19.9 Å². The number of ether oxygens (including phenoxy) is 3. The number of hydrogen-bond acceptors (Lipinski definition) is 11. The Bertz CT molecular complexity index is 1420. The van der Waals surface area contributed by atoms with Crippen molar-refractivity contribution < 1.29 is 14.2 Å². The minimum absolute atomic E-state index is 0.423. The molecule has 0 amide bonds. The van der Waals surface area contributed by atoms with Crippen molar-refractivity contribution in [1.29, 1.82) is 0 Å². The van der Waals surface area contributed by atoms with Crippen LogP contribution in [0.15, 0.2) is 69.9 Å². The molecule has 2 saturated heterocycles. The zero-order valence-electron chi connectivity index (χ0n) is 24.9. The Balaban J connectivity index is 1.20. The van der Waals surface area contributed by atoms with E-state index in [4.69, 9.17) is 34.1 Å². The number of benzene rings is 2. The normalized spacial score (nSPS) is 15.2. The summed E-state index contributed by atoms with van der Waals surface area (Å²) >= 11 is 6.92. The number of piperazine rings is 2. The molecule has 0 aliphatic carbocycles. The quantitative estimate of drug-likeness (QED) is 0.212. The lowest BCUT2D eigenvalue weighted by molar-refractivity contribution is 0.320. The summed E-state index contributed by atoms with van der Waals surface area (Å²) in [5.74, 6) is 3.89. The summed E-state index contributed by atoms with van der Waals surface area (Å²) in [6.45, 7) is 7.64. The number of nitrogens with one attached hydrogen (secondary N) is 2. The highest BCUT2D eigenvalue weighted by Crippen LogP contribution is 2.33. The Labute approximate surface area is 280 Å². The van der Waals surface area contributed by atoms with E-state index >= 15 is 0 Å². The maximum atomic E-state index is 6.48. The van der Waals surface area contributed by atoms with Gasteiger partial charge in [0.1, 0.15) is 11.5 Å². The first-order valence-electron chi connectivity index (χ1n) is 15.2. The number of rotatable bonds is 12. The summed E-state index contributed by atoms with van der Waals surface area (Å²) < 4.78 is 20.4. The molecule has 11 nitrogen and oxygen atoms in total. The summed E-state index contributed by atoms with van der Waals surface area (Å²) in [5, 5.41) is 6.82. The van der Waals surface area contributed by atoms with E-state index in [9.17, 15) is 0 Å². The molecule has 0 unspecified atom stereocenters. The molecule has 0 atom stereocenters. The molecule has 4 aromatic rings. The molecule has 2 aliphatic rings. The third kappa shape index (κ3) is 8.81. The van der Waals surface area contributed by atoms with Crippen LogP contribution in [0.5, 0.6) is 23.3 Å². The topological polar surface area (TPSA) is 110 Å². The van der Waals surface area contributed by atoms with Crippen molar-refractivity contribution in [2.45, 2.75) is 12.8 Å². The van der Waals surface area contributed by atoms with Gasteiger partial charge in [0.15, 0.2) is 11.6 Å². The smallest absolute Gasteiger partial charge is 0.264 e. The summed E-state index contributed by atoms with van der Waals surface area (Å²) in [6, 6.07) is 15.6. The van der Waals surface area contributed by atoms with Crippen LogP contribution in [-0.2, 0) is 12.8 Å². The van der Waals surface area contributed by atoms with E-state index in [2.05, 4.69) is 52.3 Å². The van der Waals surface area contributed by atoms with Gasteiger partial charge in [-0.05, 0) is 48.5 Å². The summed E-state index contributed by atoms with van der Waals surface area (Å²) in [4.78, 5) is 23.9. The van der Waals surface area contributed by atoms with Crippen LogP contribution in [0.25, 0.3) is 0 Å². The van der Waals surface area contributed by atoms with Crippen LogP contribution in [0.3, 0.4) is 0 Å². The Morgan fingerprint density at radius 2 is 1.00 bits per heavy atom. The molecule has 4 heterocycles. The fourth-order valence-corrected chi connectivity index (χ4v) is 5.59. The second-order valence-corrected chi connectivity index (χ2v) is 12.5. The van der Waals surface area contributed by atoms with Crippen LogP contribution in [-0.4, -0.2) is 85.5 Å². The Kier molecular flexibility index (Phi) is 10.9. The molecule has 2 aliphatic heterocycles. The SMILES string of the molecule is Brc1ccc(OCCc2cnc(Oc3ncc(CCOc4ccc(Br)cc4)nc3N3CCNCC3)c(N3CCNCC3)n2)cc1. The van der Waals surface area contributed by atoms with Crippen molar-refractivity contribution in [2.75, 3.05) is 75.4 Å². The van der Waals surface area contributed by atoms with Crippen LogP contribution in [0, 0.1) is 0 Å². The van der Waals surface area contributed by atoms with Crippen molar-refractivity contribution in [3.05, 3.63) is 81.3 Å². The van der Waals surface area contributed by atoms with Gasteiger partial charge in [-0.1, -0.05) is 31.9 Å². The Morgan fingerprint density at radius 3 is 1.40 bits per heavy atom. The lowest BCUT2D eigenvalue weighted by Gasteiger charge is -2.31. The van der Waals surface area contributed by atoms with Gasteiger partial charge >= 0.3 is 0 Å². The molecular weight excluding hydrogens is 704 g/mol. The van der Waals surface area contributed by atoms with Gasteiger partial charge < -0.3 is 34.6 Å². The zero-order chi connectivity index (χ0) is 30.8. The fraction of sp³-hybridized carbons (Fsp3) is 0.375. The number of hydrogen-bond donors (Lipinski definition) is 2. The van der Waals surface area contributed by atoms with E-state index in [-0.39, 0.29) is 0 Å². The molecule has 13 heteroatoms. The molecule has 2 aromatic heterocycles. The highest BCUT2D eigenvalue weighted by atomic mass is 79.9. The highest BCUT2D eigenvalue weighted by Gasteiger charge is 2.24. The zero-order valence-corrected chi connectivity index (χ0v) is 28.1. The van der Waals surface area contributed by atoms with Gasteiger partial charge in [0.25, 0.3) is 11.8 Å². The van der Waals surface area contributed by atoms with Crippen LogP contribution in [0.4, 0.5) is 11.6 Å². The molecule has 6 rings (SSSR count). The minimum Gasteiger partial charge on any atom is -0.493 e. The number of anilines is 2. The van der Waals surface area contributed by atoms with Gasteiger partial charge in [-0.2, -0.15) is 0 Å². The lowest BCUT2D eigenvalue weighted by Crippen LogP contribution is -2.44. The van der Waals surface area contributed by atoms with Gasteiger partial charge in [0.2, 0.25) is 0 Å². The summed E-state index contributed by atoms with van der Waals surface area (Å²) in [5.41, 5.74) is 1.67. The first kappa shape index (κ1) is 31.5. The second kappa shape index (κ2) is 15.7. The van der Waals surface area contributed by atoms with Gasteiger partial charge in [-0.15, -0.1) is 0 Å². The lowest BCUT2D eigenvalue weighted by atomic mass is 10.3. The first-order chi connectivity index (χ1) is 22.1. The van der Waals surface area contributed by atoms with Crippen molar-refractivity contribution in [2.24, 2.45) is 0 Å². The number of nitrogens with zero attached hydrogens (tertiary/aromatic N) is 6. The van der Waals surface area contributed by atoms with E-state index < -0.39 is 0 Å². The van der Waals surface area contributed by atoms with E-state index in [1.54, 1.807) is 12.4 Å². The summed E-state index contributed by atoms with van der Waals surface area (Å²) in [7, 11) is 0. The Hall–Kier alpha value is -3.52. The molecule has 2 N–H and O–H groups in total. The predicted octanol–water partition coefficient (Wildman–Crippen LogP) is 4.65. The molecule has 2 aromatic carbocycles. The van der Waals surface area contributed by atoms with Crippen LogP contribution in [0.2, 0.25) is 0 Å². The van der Waals surface area contributed by atoms with E-state index in [1.807, 2.05) is 48.5 Å². The van der Waals surface area contributed by atoms with E-state index in [0.29, 0.717) is 49.5 Å². The maximum absolute atomic E-state index is 6.48. The number of halogens is 2. The van der Waals surface area contributed by atoms with Crippen molar-refractivity contribution in [3.63, 3.8) is 0 Å². The molecular formula is C32H36Br2N8O3. The molecule has 45 heavy (non-hydrogen) atoms. The second-order valence-electron chi connectivity index (χ2n) is 10.7. The van der Waals surface area contributed by atoms with E-state index in [0.717, 1.165) is 84.2 Å². The van der Waals surface area contributed by atoms with Crippen molar-refractivity contribution >= 4 is 43.5 Å². The highest BCUT2D eigenvalue weighted by molar-refractivity contribution is 9.10. The van der Waals surface area contributed by atoms with Crippen LogP contribution >= 0.6 is 31.9 Å². The third-order valence-electron chi connectivity index (χ3n) is 7.45. The number of aromatic nitrogens is 4. The minimum atomic E-state index is 0.423.